The first-order valence-electron chi connectivity index (χ1n) is 7.07. The first kappa shape index (κ1) is 16.5. The molecular formula is C17H18FN3O2. The fraction of sp³-hybridized carbons (Fsp3) is 0.176. The second-order valence-corrected chi connectivity index (χ2v) is 5.22. The fourth-order valence-corrected chi connectivity index (χ4v) is 1.89. The van der Waals surface area contributed by atoms with Gasteiger partial charge in [0, 0.05) is 19.8 Å². The van der Waals surface area contributed by atoms with Crippen molar-refractivity contribution in [3.8, 4) is 0 Å². The van der Waals surface area contributed by atoms with Gasteiger partial charge in [-0.2, -0.15) is 0 Å². The number of carbonyl (C=O) groups is 2. The van der Waals surface area contributed by atoms with Crippen LogP contribution in [0.5, 0.6) is 0 Å². The normalized spacial score (nSPS) is 10.0. The van der Waals surface area contributed by atoms with Gasteiger partial charge in [0.25, 0.3) is 0 Å². The van der Waals surface area contributed by atoms with Crippen LogP contribution in [0.1, 0.15) is 5.56 Å². The number of rotatable bonds is 4. The minimum atomic E-state index is -0.535. The number of halogens is 1. The lowest BCUT2D eigenvalue weighted by Gasteiger charge is -2.11. The molecule has 23 heavy (non-hydrogen) atoms. The van der Waals surface area contributed by atoms with Crippen LogP contribution in [0.3, 0.4) is 0 Å². The SMILES string of the molecule is CN(C)C(=O)Cc1ccc(NC(=O)Nc2ccccc2F)cc1. The Kier molecular flexibility index (Phi) is 5.30. The van der Waals surface area contributed by atoms with Crippen LogP contribution < -0.4 is 10.6 Å². The average molecular weight is 315 g/mol. The highest BCUT2D eigenvalue weighted by Crippen LogP contribution is 2.14. The second-order valence-electron chi connectivity index (χ2n) is 5.22. The molecule has 0 bridgehead atoms. The Balaban J connectivity index is 1.94. The predicted molar refractivity (Wildman–Crippen MR) is 87.9 cm³/mol. The van der Waals surface area contributed by atoms with Crippen molar-refractivity contribution < 1.29 is 14.0 Å². The van der Waals surface area contributed by atoms with Gasteiger partial charge >= 0.3 is 6.03 Å². The predicted octanol–water partition coefficient (Wildman–Crippen LogP) is 3.10. The van der Waals surface area contributed by atoms with E-state index in [0.717, 1.165) is 5.56 Å². The third-order valence-corrected chi connectivity index (χ3v) is 3.19. The van der Waals surface area contributed by atoms with Gasteiger partial charge in [0.1, 0.15) is 5.82 Å². The first-order valence-corrected chi connectivity index (χ1v) is 7.07. The molecule has 0 heterocycles. The molecule has 0 aliphatic carbocycles. The first-order chi connectivity index (χ1) is 11.0. The summed E-state index contributed by atoms with van der Waals surface area (Å²) in [4.78, 5) is 25.0. The van der Waals surface area contributed by atoms with Crippen LogP contribution in [-0.2, 0) is 11.2 Å². The highest BCUT2D eigenvalue weighted by molar-refractivity contribution is 5.99. The number of hydrogen-bond donors (Lipinski definition) is 2. The zero-order valence-corrected chi connectivity index (χ0v) is 13.0. The van der Waals surface area contributed by atoms with Crippen LogP contribution in [-0.4, -0.2) is 30.9 Å². The number of nitrogens with one attached hydrogen (secondary N) is 2. The zero-order chi connectivity index (χ0) is 16.8. The van der Waals surface area contributed by atoms with E-state index in [1.807, 2.05) is 0 Å². The maximum atomic E-state index is 13.4. The number of carbonyl (C=O) groups excluding carboxylic acids is 2. The van der Waals surface area contributed by atoms with Gasteiger partial charge in [-0.15, -0.1) is 0 Å². The number of amides is 3. The summed E-state index contributed by atoms with van der Waals surface area (Å²) in [5.74, 6) is -0.497. The molecule has 0 fully saturated rings. The molecule has 0 atom stereocenters. The van der Waals surface area contributed by atoms with Crippen LogP contribution in [0.25, 0.3) is 0 Å². The smallest absolute Gasteiger partial charge is 0.323 e. The summed E-state index contributed by atoms with van der Waals surface area (Å²) in [5, 5.41) is 5.04. The zero-order valence-electron chi connectivity index (χ0n) is 13.0. The third-order valence-electron chi connectivity index (χ3n) is 3.19. The van der Waals surface area contributed by atoms with E-state index < -0.39 is 11.8 Å². The Morgan fingerprint density at radius 3 is 2.26 bits per heavy atom. The summed E-state index contributed by atoms with van der Waals surface area (Å²) in [5.41, 5.74) is 1.52. The molecule has 3 amide bonds. The third kappa shape index (κ3) is 4.81. The average Bonchev–Trinajstić information content (AvgIpc) is 2.51. The fourth-order valence-electron chi connectivity index (χ4n) is 1.89. The van der Waals surface area contributed by atoms with Crippen molar-refractivity contribution in [3.63, 3.8) is 0 Å². The van der Waals surface area contributed by atoms with Crippen LogP contribution in [0, 0.1) is 5.82 Å². The van der Waals surface area contributed by atoms with Gasteiger partial charge in [0.15, 0.2) is 0 Å². The number of hydrogen-bond acceptors (Lipinski definition) is 2. The van der Waals surface area contributed by atoms with E-state index in [9.17, 15) is 14.0 Å². The van der Waals surface area contributed by atoms with Gasteiger partial charge in [0.2, 0.25) is 5.91 Å². The van der Waals surface area contributed by atoms with Crippen molar-refractivity contribution >= 4 is 23.3 Å². The minimum Gasteiger partial charge on any atom is -0.349 e. The standard InChI is InChI=1S/C17H18FN3O2/c1-21(2)16(22)11-12-7-9-13(10-8-12)19-17(23)20-15-6-4-3-5-14(15)18/h3-10H,11H2,1-2H3,(H2,19,20,23). The quantitative estimate of drug-likeness (QED) is 0.911. The van der Waals surface area contributed by atoms with Crippen molar-refractivity contribution in [3.05, 3.63) is 59.9 Å². The summed E-state index contributed by atoms with van der Waals surface area (Å²) >= 11 is 0. The Hall–Kier alpha value is -2.89. The lowest BCUT2D eigenvalue weighted by Crippen LogP contribution is -2.23. The molecule has 2 rings (SSSR count). The molecule has 0 aliphatic rings. The molecule has 0 aromatic heterocycles. The summed E-state index contributed by atoms with van der Waals surface area (Å²) in [6, 6.07) is 12.3. The van der Waals surface area contributed by atoms with E-state index >= 15 is 0 Å². The van der Waals surface area contributed by atoms with Crippen molar-refractivity contribution in [2.45, 2.75) is 6.42 Å². The largest absolute Gasteiger partial charge is 0.349 e. The van der Waals surface area contributed by atoms with Crippen molar-refractivity contribution in [2.75, 3.05) is 24.7 Å². The van der Waals surface area contributed by atoms with Crippen LogP contribution >= 0.6 is 0 Å². The van der Waals surface area contributed by atoms with Gasteiger partial charge < -0.3 is 15.5 Å². The minimum absolute atomic E-state index is 0.00278. The summed E-state index contributed by atoms with van der Waals surface area (Å²) in [6.07, 6.45) is 0.300. The molecule has 0 unspecified atom stereocenters. The Morgan fingerprint density at radius 1 is 1.00 bits per heavy atom. The van der Waals surface area contributed by atoms with E-state index in [-0.39, 0.29) is 11.6 Å². The molecule has 0 saturated heterocycles. The molecule has 5 nitrogen and oxygen atoms in total. The maximum Gasteiger partial charge on any atom is 0.323 e. The van der Waals surface area contributed by atoms with Gasteiger partial charge in [-0.25, -0.2) is 9.18 Å². The molecule has 0 aliphatic heterocycles. The Morgan fingerprint density at radius 2 is 1.65 bits per heavy atom. The number of benzene rings is 2. The molecular weight excluding hydrogens is 297 g/mol. The van der Waals surface area contributed by atoms with Crippen molar-refractivity contribution in [1.29, 1.82) is 0 Å². The van der Waals surface area contributed by atoms with Gasteiger partial charge in [-0.1, -0.05) is 24.3 Å². The van der Waals surface area contributed by atoms with Crippen LogP contribution in [0.2, 0.25) is 0 Å². The molecule has 2 aromatic carbocycles. The van der Waals surface area contributed by atoms with E-state index in [1.54, 1.807) is 50.5 Å². The van der Waals surface area contributed by atoms with E-state index in [2.05, 4.69) is 10.6 Å². The van der Waals surface area contributed by atoms with E-state index in [0.29, 0.717) is 12.1 Å². The molecule has 120 valence electrons. The van der Waals surface area contributed by atoms with Gasteiger partial charge in [-0.3, -0.25) is 4.79 Å². The van der Waals surface area contributed by atoms with Crippen molar-refractivity contribution in [2.24, 2.45) is 0 Å². The number of nitrogens with zero attached hydrogens (tertiary/aromatic N) is 1. The van der Waals surface area contributed by atoms with Crippen LogP contribution in [0.15, 0.2) is 48.5 Å². The number of urea groups is 1. The lowest BCUT2D eigenvalue weighted by atomic mass is 10.1. The molecule has 0 spiro atoms. The van der Waals surface area contributed by atoms with Gasteiger partial charge in [0.05, 0.1) is 12.1 Å². The summed E-state index contributed by atoms with van der Waals surface area (Å²) in [6.45, 7) is 0. The number of likely N-dealkylation sites (N-methyl/N-ethyl adjacent to an activating group) is 1. The summed E-state index contributed by atoms with van der Waals surface area (Å²) < 4.78 is 13.4. The molecule has 0 saturated carbocycles. The molecule has 6 heteroatoms. The van der Waals surface area contributed by atoms with E-state index in [4.69, 9.17) is 0 Å². The molecule has 0 radical (unpaired) electrons. The van der Waals surface area contributed by atoms with Crippen LogP contribution in [0.4, 0.5) is 20.6 Å². The maximum absolute atomic E-state index is 13.4. The Bertz CT molecular complexity index is 699. The lowest BCUT2D eigenvalue weighted by molar-refractivity contribution is -0.127. The number of anilines is 2. The Labute approximate surface area is 134 Å². The monoisotopic (exact) mass is 315 g/mol. The highest BCUT2D eigenvalue weighted by atomic mass is 19.1. The molecule has 2 N–H and O–H groups in total. The summed E-state index contributed by atoms with van der Waals surface area (Å²) in [7, 11) is 3.40. The second kappa shape index (κ2) is 7.40. The van der Waals surface area contributed by atoms with Gasteiger partial charge in [-0.05, 0) is 29.8 Å². The van der Waals surface area contributed by atoms with E-state index in [1.165, 1.54) is 17.0 Å². The van der Waals surface area contributed by atoms with Crippen molar-refractivity contribution in [1.82, 2.24) is 4.90 Å². The number of para-hydroxylation sites is 1. The topological polar surface area (TPSA) is 61.4 Å². The molecule has 2 aromatic rings. The highest BCUT2D eigenvalue weighted by Gasteiger charge is 2.08.